The molecule has 6 heteroatoms. The molecule has 0 aliphatic carbocycles. The summed E-state index contributed by atoms with van der Waals surface area (Å²) < 4.78 is 29.9. The van der Waals surface area contributed by atoms with Gasteiger partial charge in [0.25, 0.3) is 0 Å². The molecule has 0 spiro atoms. The lowest BCUT2D eigenvalue weighted by Gasteiger charge is -2.12. The van der Waals surface area contributed by atoms with Crippen LogP contribution in [-0.2, 0) is 6.54 Å². The third kappa shape index (κ3) is 3.90. The van der Waals surface area contributed by atoms with E-state index in [4.69, 9.17) is 0 Å². The van der Waals surface area contributed by atoms with Crippen LogP contribution in [0.15, 0.2) is 41.1 Å². The average molecular weight is 343 g/mol. The highest BCUT2D eigenvalue weighted by Gasteiger charge is 2.09. The van der Waals surface area contributed by atoms with E-state index < -0.39 is 6.61 Å². The Hall–Kier alpha value is -1.69. The molecule has 106 valence electrons. The van der Waals surface area contributed by atoms with Crippen LogP contribution in [0.25, 0.3) is 0 Å². The first-order valence-electron chi connectivity index (χ1n) is 5.95. The monoisotopic (exact) mass is 342 g/mol. The van der Waals surface area contributed by atoms with Crippen molar-refractivity contribution in [2.24, 2.45) is 0 Å². The highest BCUT2D eigenvalue weighted by Crippen LogP contribution is 2.22. The van der Waals surface area contributed by atoms with E-state index in [0.29, 0.717) is 12.1 Å². The number of para-hydroxylation sites is 1. The van der Waals surface area contributed by atoms with Crippen molar-refractivity contribution in [3.05, 3.63) is 52.3 Å². The van der Waals surface area contributed by atoms with Crippen molar-refractivity contribution in [3.8, 4) is 5.75 Å². The molecule has 1 N–H and O–H groups in total. The predicted molar refractivity (Wildman–Crippen MR) is 77.1 cm³/mol. The van der Waals surface area contributed by atoms with Crippen molar-refractivity contribution in [2.45, 2.75) is 20.1 Å². The fourth-order valence-corrected chi connectivity index (χ4v) is 1.93. The summed E-state index contributed by atoms with van der Waals surface area (Å²) >= 11 is 3.32. The molecule has 20 heavy (non-hydrogen) atoms. The van der Waals surface area contributed by atoms with Gasteiger partial charge in [0.2, 0.25) is 0 Å². The minimum absolute atomic E-state index is 0.178. The zero-order valence-corrected chi connectivity index (χ0v) is 12.3. The Morgan fingerprint density at radius 3 is 2.80 bits per heavy atom. The van der Waals surface area contributed by atoms with Gasteiger partial charge in [0.1, 0.15) is 10.4 Å². The number of benzene rings is 1. The van der Waals surface area contributed by atoms with Crippen molar-refractivity contribution in [1.29, 1.82) is 0 Å². The quantitative estimate of drug-likeness (QED) is 0.819. The van der Waals surface area contributed by atoms with Gasteiger partial charge >= 0.3 is 6.61 Å². The average Bonchev–Trinajstić information content (AvgIpc) is 2.41. The van der Waals surface area contributed by atoms with Gasteiger partial charge in [-0.15, -0.1) is 0 Å². The summed E-state index contributed by atoms with van der Waals surface area (Å²) in [5, 5.41) is 3.13. The van der Waals surface area contributed by atoms with Crippen molar-refractivity contribution in [2.75, 3.05) is 5.32 Å². The normalized spacial score (nSPS) is 10.7. The zero-order valence-electron chi connectivity index (χ0n) is 10.7. The van der Waals surface area contributed by atoms with Gasteiger partial charge in [0.05, 0.1) is 11.9 Å². The molecule has 2 aromatic rings. The second-order valence-corrected chi connectivity index (χ2v) is 4.92. The van der Waals surface area contributed by atoms with Crippen LogP contribution in [0.1, 0.15) is 11.1 Å². The Labute approximate surface area is 124 Å². The number of anilines is 1. The van der Waals surface area contributed by atoms with Crippen molar-refractivity contribution < 1.29 is 13.5 Å². The second kappa shape index (κ2) is 6.65. The van der Waals surface area contributed by atoms with Crippen LogP contribution in [0, 0.1) is 6.92 Å². The van der Waals surface area contributed by atoms with Gasteiger partial charge in [0, 0.05) is 12.1 Å². The van der Waals surface area contributed by atoms with Gasteiger partial charge in [0.15, 0.2) is 0 Å². The fourth-order valence-electron chi connectivity index (χ4n) is 1.71. The smallest absolute Gasteiger partial charge is 0.387 e. The number of nitrogens with zero attached hydrogens (tertiary/aromatic N) is 1. The molecule has 0 saturated carbocycles. The molecule has 1 heterocycles. The Morgan fingerprint density at radius 2 is 2.10 bits per heavy atom. The number of alkyl halides is 2. The first-order chi connectivity index (χ1) is 9.56. The summed E-state index contributed by atoms with van der Waals surface area (Å²) in [7, 11) is 0. The van der Waals surface area contributed by atoms with Gasteiger partial charge in [-0.25, -0.2) is 4.98 Å². The molecular formula is C14H13BrF2N2O. The highest BCUT2D eigenvalue weighted by atomic mass is 79.9. The predicted octanol–water partition coefficient (Wildman–Crippen LogP) is 4.37. The molecular weight excluding hydrogens is 330 g/mol. The van der Waals surface area contributed by atoms with E-state index in [0.717, 1.165) is 15.9 Å². The minimum Gasteiger partial charge on any atom is -0.434 e. The molecule has 0 aliphatic rings. The summed E-state index contributed by atoms with van der Waals surface area (Å²) in [6.07, 6.45) is 1.67. The molecule has 0 saturated heterocycles. The number of pyridine rings is 1. The third-order valence-electron chi connectivity index (χ3n) is 2.69. The number of hydrogen-bond acceptors (Lipinski definition) is 3. The number of aromatic nitrogens is 1. The second-order valence-electron chi connectivity index (χ2n) is 4.17. The summed E-state index contributed by atoms with van der Waals surface area (Å²) in [5.74, 6) is 0.178. The van der Waals surface area contributed by atoms with Crippen molar-refractivity contribution >= 4 is 21.6 Å². The van der Waals surface area contributed by atoms with Crippen LogP contribution in [0.4, 0.5) is 14.5 Å². The number of ether oxygens (including phenoxy) is 1. The zero-order chi connectivity index (χ0) is 14.5. The topological polar surface area (TPSA) is 34.1 Å². The van der Waals surface area contributed by atoms with Crippen LogP contribution in [0.5, 0.6) is 5.75 Å². The number of rotatable bonds is 5. The van der Waals surface area contributed by atoms with E-state index in [2.05, 4.69) is 31.0 Å². The third-order valence-corrected chi connectivity index (χ3v) is 3.52. The molecule has 0 atom stereocenters. The largest absolute Gasteiger partial charge is 0.434 e. The van der Waals surface area contributed by atoms with Gasteiger partial charge in [-0.3, -0.25) is 0 Å². The number of nitrogens with one attached hydrogen (secondary N) is 1. The molecule has 2 rings (SSSR count). The van der Waals surface area contributed by atoms with E-state index in [-0.39, 0.29) is 5.75 Å². The standard InChI is InChI=1S/C14H13BrF2N2O/c1-9-6-11(8-19-13(9)15)18-7-10-4-2-3-5-12(10)20-14(16)17/h2-6,8,14,18H,7H2,1H3. The van der Waals surface area contributed by atoms with E-state index >= 15 is 0 Å². The molecule has 0 amide bonds. The number of hydrogen-bond donors (Lipinski definition) is 1. The van der Waals surface area contributed by atoms with Gasteiger partial charge in [-0.05, 0) is 40.5 Å². The Balaban J connectivity index is 2.08. The van der Waals surface area contributed by atoms with Crippen LogP contribution in [0.2, 0.25) is 0 Å². The van der Waals surface area contributed by atoms with Crippen LogP contribution in [0.3, 0.4) is 0 Å². The van der Waals surface area contributed by atoms with Gasteiger partial charge in [-0.1, -0.05) is 18.2 Å². The maximum atomic E-state index is 12.3. The Morgan fingerprint density at radius 1 is 1.35 bits per heavy atom. The summed E-state index contributed by atoms with van der Waals surface area (Å²) in [6, 6.07) is 8.62. The van der Waals surface area contributed by atoms with Crippen molar-refractivity contribution in [3.63, 3.8) is 0 Å². The first kappa shape index (κ1) is 14.7. The fraction of sp³-hybridized carbons (Fsp3) is 0.214. The molecule has 1 aromatic heterocycles. The maximum Gasteiger partial charge on any atom is 0.387 e. The van der Waals surface area contributed by atoms with Gasteiger partial charge in [-0.2, -0.15) is 8.78 Å². The molecule has 0 bridgehead atoms. The van der Waals surface area contributed by atoms with Crippen molar-refractivity contribution in [1.82, 2.24) is 4.98 Å². The van der Waals surface area contributed by atoms with Crippen LogP contribution < -0.4 is 10.1 Å². The molecule has 3 nitrogen and oxygen atoms in total. The summed E-state index contributed by atoms with van der Waals surface area (Å²) in [6.45, 7) is -0.519. The van der Waals surface area contributed by atoms with Crippen LogP contribution >= 0.6 is 15.9 Å². The lowest BCUT2D eigenvalue weighted by molar-refractivity contribution is -0.0504. The molecule has 0 unspecified atom stereocenters. The Kier molecular flexibility index (Phi) is 4.89. The van der Waals surface area contributed by atoms with Crippen LogP contribution in [-0.4, -0.2) is 11.6 Å². The molecule has 1 aromatic carbocycles. The van der Waals surface area contributed by atoms with E-state index in [1.807, 2.05) is 13.0 Å². The Bertz CT molecular complexity index is 593. The SMILES string of the molecule is Cc1cc(NCc2ccccc2OC(F)F)cnc1Br. The van der Waals surface area contributed by atoms with Gasteiger partial charge < -0.3 is 10.1 Å². The lowest BCUT2D eigenvalue weighted by Crippen LogP contribution is -2.07. The molecule has 0 radical (unpaired) electrons. The highest BCUT2D eigenvalue weighted by molar-refractivity contribution is 9.10. The first-order valence-corrected chi connectivity index (χ1v) is 6.74. The lowest BCUT2D eigenvalue weighted by atomic mass is 10.2. The minimum atomic E-state index is -2.83. The number of aryl methyl sites for hydroxylation is 1. The van der Waals surface area contributed by atoms with E-state index in [1.54, 1.807) is 24.4 Å². The molecule has 0 fully saturated rings. The van der Waals surface area contributed by atoms with E-state index in [1.165, 1.54) is 6.07 Å². The summed E-state index contributed by atoms with van der Waals surface area (Å²) in [4.78, 5) is 4.16. The van der Waals surface area contributed by atoms with E-state index in [9.17, 15) is 8.78 Å². The summed E-state index contributed by atoms with van der Waals surface area (Å²) in [5.41, 5.74) is 2.47. The molecule has 0 aliphatic heterocycles. The maximum absolute atomic E-state index is 12.3. The number of halogens is 3.